The van der Waals surface area contributed by atoms with Crippen LogP contribution >= 0.6 is 11.3 Å². The Hall–Kier alpha value is -3.68. The number of fused-ring (bicyclic) bond motifs is 7. The maximum atomic E-state index is 2.46. The van der Waals surface area contributed by atoms with Crippen molar-refractivity contribution < 1.29 is 0 Å². The van der Waals surface area contributed by atoms with Crippen LogP contribution in [0.4, 0.5) is 0 Å². The molecule has 0 nitrogen and oxygen atoms in total. The molecule has 0 fully saturated rings. The normalized spacial score (nSPS) is 14.1. The quantitative estimate of drug-likeness (QED) is 0.232. The molecule has 0 atom stereocenters. The van der Waals surface area contributed by atoms with Gasteiger partial charge in [-0.25, -0.2) is 0 Å². The second kappa shape index (κ2) is 7.91. The fourth-order valence-electron chi connectivity index (χ4n) is 6.47. The summed E-state index contributed by atoms with van der Waals surface area (Å²) in [6.45, 7) is 0. The Kier molecular flexibility index (Phi) is 4.51. The van der Waals surface area contributed by atoms with Crippen molar-refractivity contribution in [1.29, 1.82) is 0 Å². The van der Waals surface area contributed by atoms with Crippen LogP contribution in [0.2, 0.25) is 0 Å². The van der Waals surface area contributed by atoms with Crippen LogP contribution in [0.25, 0.3) is 53.6 Å². The molecule has 172 valence electrons. The molecule has 6 aromatic rings. The molecule has 0 amide bonds. The molecule has 0 aliphatic heterocycles. The predicted molar refractivity (Wildman–Crippen MR) is 155 cm³/mol. The van der Waals surface area contributed by atoms with Crippen molar-refractivity contribution >= 4 is 31.5 Å². The number of rotatable bonds is 2. The minimum absolute atomic E-state index is 1.04. The summed E-state index contributed by atoms with van der Waals surface area (Å²) in [5.74, 6) is 0. The zero-order valence-corrected chi connectivity index (χ0v) is 21.0. The van der Waals surface area contributed by atoms with Crippen LogP contribution < -0.4 is 0 Å². The Balaban J connectivity index is 1.31. The lowest BCUT2D eigenvalue weighted by Crippen LogP contribution is -2.02. The standard InChI is InChI=1S/C35H26S/c1-2-8-23-19-25(16-15-22(23)7-1)29-11-5-13-31-32-14-6-12-30(35(32)36-34(29)31)27-18-17-26-20-24-9-3-4-10-28(24)33(26)21-27/h3-6,9-19,21H,1-2,7-8,20H2. The van der Waals surface area contributed by atoms with E-state index in [9.17, 15) is 0 Å². The maximum absolute atomic E-state index is 2.46. The van der Waals surface area contributed by atoms with Gasteiger partial charge < -0.3 is 0 Å². The fourth-order valence-corrected chi connectivity index (χ4v) is 7.84. The zero-order chi connectivity index (χ0) is 23.6. The molecular formula is C35H26S. The first kappa shape index (κ1) is 20.5. The second-order valence-corrected chi connectivity index (χ2v) is 11.4. The number of hydrogen-bond donors (Lipinski definition) is 0. The number of benzene rings is 5. The minimum Gasteiger partial charge on any atom is -0.134 e. The van der Waals surface area contributed by atoms with Crippen molar-refractivity contribution in [3.63, 3.8) is 0 Å². The molecule has 1 aromatic heterocycles. The Bertz CT molecular complexity index is 1820. The fraction of sp³-hybridized carbons (Fsp3) is 0.143. The van der Waals surface area contributed by atoms with Gasteiger partial charge >= 0.3 is 0 Å². The van der Waals surface area contributed by atoms with Crippen molar-refractivity contribution in [2.45, 2.75) is 32.1 Å². The van der Waals surface area contributed by atoms with Gasteiger partial charge in [-0.1, -0.05) is 91.0 Å². The van der Waals surface area contributed by atoms with E-state index in [-0.39, 0.29) is 0 Å². The molecule has 0 radical (unpaired) electrons. The van der Waals surface area contributed by atoms with Gasteiger partial charge in [0.1, 0.15) is 0 Å². The smallest absolute Gasteiger partial charge is 0.0434 e. The molecular weight excluding hydrogens is 452 g/mol. The van der Waals surface area contributed by atoms with Gasteiger partial charge in [-0.3, -0.25) is 0 Å². The summed E-state index contributed by atoms with van der Waals surface area (Å²) in [4.78, 5) is 0. The molecule has 0 unspecified atom stereocenters. The van der Waals surface area contributed by atoms with Gasteiger partial charge in [0.15, 0.2) is 0 Å². The van der Waals surface area contributed by atoms with Gasteiger partial charge in [0.25, 0.3) is 0 Å². The summed E-state index contributed by atoms with van der Waals surface area (Å²) in [7, 11) is 0. The Morgan fingerprint density at radius 1 is 0.444 bits per heavy atom. The van der Waals surface area contributed by atoms with Crippen LogP contribution in [-0.4, -0.2) is 0 Å². The molecule has 0 spiro atoms. The summed E-state index contributed by atoms with van der Waals surface area (Å²) in [6.07, 6.45) is 6.14. The lowest BCUT2D eigenvalue weighted by molar-refractivity contribution is 0.686. The molecule has 36 heavy (non-hydrogen) atoms. The molecule has 0 bridgehead atoms. The summed E-state index contributed by atoms with van der Waals surface area (Å²) < 4.78 is 2.80. The van der Waals surface area contributed by atoms with E-state index in [0.29, 0.717) is 0 Å². The van der Waals surface area contributed by atoms with Gasteiger partial charge in [-0.15, -0.1) is 11.3 Å². The summed E-state index contributed by atoms with van der Waals surface area (Å²) in [5.41, 5.74) is 14.2. The highest BCUT2D eigenvalue weighted by Crippen LogP contribution is 2.45. The van der Waals surface area contributed by atoms with Crippen molar-refractivity contribution in [2.75, 3.05) is 0 Å². The summed E-state index contributed by atoms with van der Waals surface area (Å²) in [6, 6.07) is 36.8. The lowest BCUT2D eigenvalue weighted by atomic mass is 9.89. The van der Waals surface area contributed by atoms with Gasteiger partial charge in [0.2, 0.25) is 0 Å². The van der Waals surface area contributed by atoms with E-state index in [1.54, 1.807) is 11.1 Å². The van der Waals surface area contributed by atoms with Crippen LogP contribution in [0.5, 0.6) is 0 Å². The van der Waals surface area contributed by atoms with Crippen LogP contribution in [0.3, 0.4) is 0 Å². The molecule has 1 heterocycles. The first-order valence-electron chi connectivity index (χ1n) is 13.1. The Morgan fingerprint density at radius 3 is 1.83 bits per heavy atom. The SMILES string of the molecule is c1ccc2c(c1)Cc1ccc(-c3cccc4c3sc3c(-c5ccc6c(c5)CCCC6)cccc34)cc1-2. The van der Waals surface area contributed by atoms with Gasteiger partial charge in [0.05, 0.1) is 0 Å². The average Bonchev–Trinajstić information content (AvgIpc) is 3.51. The molecule has 0 saturated heterocycles. The highest BCUT2D eigenvalue weighted by molar-refractivity contribution is 7.26. The van der Waals surface area contributed by atoms with E-state index in [1.165, 1.54) is 90.4 Å². The van der Waals surface area contributed by atoms with Crippen LogP contribution in [0.15, 0.2) is 97.1 Å². The molecule has 1 heteroatoms. The van der Waals surface area contributed by atoms with Crippen molar-refractivity contribution in [1.82, 2.24) is 0 Å². The van der Waals surface area contributed by atoms with E-state index in [4.69, 9.17) is 0 Å². The van der Waals surface area contributed by atoms with E-state index in [2.05, 4.69) is 97.1 Å². The van der Waals surface area contributed by atoms with Crippen molar-refractivity contribution in [3.8, 4) is 33.4 Å². The molecule has 0 saturated carbocycles. The third-order valence-corrected chi connectivity index (χ3v) is 9.58. The number of hydrogen-bond acceptors (Lipinski definition) is 1. The summed E-state index contributed by atoms with van der Waals surface area (Å²) in [5, 5.41) is 2.74. The maximum Gasteiger partial charge on any atom is 0.0434 e. The Morgan fingerprint density at radius 2 is 1.06 bits per heavy atom. The topological polar surface area (TPSA) is 0 Å². The molecule has 0 N–H and O–H groups in total. The monoisotopic (exact) mass is 478 g/mol. The van der Waals surface area contributed by atoms with Crippen molar-refractivity contribution in [2.24, 2.45) is 0 Å². The molecule has 8 rings (SSSR count). The van der Waals surface area contributed by atoms with Gasteiger partial charge in [0, 0.05) is 20.2 Å². The zero-order valence-electron chi connectivity index (χ0n) is 20.2. The number of thiophene rings is 1. The first-order chi connectivity index (χ1) is 17.8. The van der Waals surface area contributed by atoms with Crippen LogP contribution in [0, 0.1) is 0 Å². The van der Waals surface area contributed by atoms with Crippen LogP contribution in [-0.2, 0) is 19.3 Å². The van der Waals surface area contributed by atoms with E-state index >= 15 is 0 Å². The Labute approximate surface area is 215 Å². The second-order valence-electron chi connectivity index (χ2n) is 10.4. The van der Waals surface area contributed by atoms with Crippen molar-refractivity contribution in [3.05, 3.63) is 119 Å². The highest BCUT2D eigenvalue weighted by Gasteiger charge is 2.20. The average molecular weight is 479 g/mol. The van der Waals surface area contributed by atoms with E-state index < -0.39 is 0 Å². The third-order valence-electron chi connectivity index (χ3n) is 8.29. The highest BCUT2D eigenvalue weighted by atomic mass is 32.1. The predicted octanol–water partition coefficient (Wildman–Crippen LogP) is 9.84. The van der Waals surface area contributed by atoms with Crippen LogP contribution in [0.1, 0.15) is 35.1 Å². The minimum atomic E-state index is 1.04. The third kappa shape index (κ3) is 3.06. The van der Waals surface area contributed by atoms with Gasteiger partial charge in [-0.05, 0) is 93.8 Å². The molecule has 5 aromatic carbocycles. The summed E-state index contributed by atoms with van der Waals surface area (Å²) >= 11 is 1.96. The van der Waals surface area contributed by atoms with E-state index in [0.717, 1.165) is 6.42 Å². The first-order valence-corrected chi connectivity index (χ1v) is 13.9. The van der Waals surface area contributed by atoms with Gasteiger partial charge in [-0.2, -0.15) is 0 Å². The largest absolute Gasteiger partial charge is 0.134 e. The molecule has 2 aliphatic rings. The number of aryl methyl sites for hydroxylation is 2. The van der Waals surface area contributed by atoms with E-state index in [1.807, 2.05) is 11.3 Å². The molecule has 2 aliphatic carbocycles. The lowest BCUT2D eigenvalue weighted by Gasteiger charge is -2.17.